The van der Waals surface area contributed by atoms with E-state index in [1.165, 1.54) is 29.7 Å². The standard InChI is InChI=1S/C21H31N3O2/c1-16(2)11-19-13-22-23-21(19)18-6-4-8-24(15-18)14-17-5-3-7-20(12-17)26-10-9-25/h3,5,7,12-13,16,18,25H,4,6,8-11,14-15H2,1-2H3,(H,22,23)/t18-/m0/s1. The number of ether oxygens (including phenoxy) is 1. The quantitative estimate of drug-likeness (QED) is 0.760. The zero-order valence-electron chi connectivity index (χ0n) is 15.9. The lowest BCUT2D eigenvalue weighted by atomic mass is 9.90. The van der Waals surface area contributed by atoms with Gasteiger partial charge in [0.25, 0.3) is 0 Å². The molecule has 26 heavy (non-hydrogen) atoms. The topological polar surface area (TPSA) is 61.4 Å². The number of aliphatic hydroxyl groups excluding tert-OH is 1. The molecule has 0 radical (unpaired) electrons. The molecule has 5 nitrogen and oxygen atoms in total. The van der Waals surface area contributed by atoms with E-state index in [1.807, 2.05) is 18.3 Å². The summed E-state index contributed by atoms with van der Waals surface area (Å²) in [6.45, 7) is 8.03. The predicted octanol–water partition coefficient (Wildman–Crippen LogP) is 3.36. The van der Waals surface area contributed by atoms with Crippen LogP contribution in [-0.2, 0) is 13.0 Å². The van der Waals surface area contributed by atoms with Crippen molar-refractivity contribution >= 4 is 0 Å². The molecule has 5 heteroatoms. The Morgan fingerprint density at radius 3 is 3.08 bits per heavy atom. The lowest BCUT2D eigenvalue weighted by molar-refractivity contribution is 0.195. The SMILES string of the molecule is CC(C)Cc1cn[nH]c1[C@H]1CCCN(Cc2cccc(OCCO)c2)C1. The summed E-state index contributed by atoms with van der Waals surface area (Å²) in [6.07, 6.45) is 5.54. The van der Waals surface area contributed by atoms with E-state index in [0.29, 0.717) is 18.4 Å². The first kappa shape index (κ1) is 18.9. The number of aromatic nitrogens is 2. The van der Waals surface area contributed by atoms with Crippen molar-refractivity contribution < 1.29 is 9.84 Å². The summed E-state index contributed by atoms with van der Waals surface area (Å²) in [7, 11) is 0. The molecule has 0 aliphatic carbocycles. The number of nitrogens with zero attached hydrogens (tertiary/aromatic N) is 2. The minimum absolute atomic E-state index is 0.0426. The number of likely N-dealkylation sites (tertiary alicyclic amines) is 1. The average molecular weight is 357 g/mol. The molecule has 1 saturated heterocycles. The normalized spacial score (nSPS) is 18.4. The van der Waals surface area contributed by atoms with Crippen molar-refractivity contribution in [1.29, 1.82) is 0 Å². The van der Waals surface area contributed by atoms with Crippen LogP contribution >= 0.6 is 0 Å². The van der Waals surface area contributed by atoms with Crippen molar-refractivity contribution in [1.82, 2.24) is 15.1 Å². The Morgan fingerprint density at radius 1 is 1.38 bits per heavy atom. The monoisotopic (exact) mass is 357 g/mol. The van der Waals surface area contributed by atoms with Gasteiger partial charge in [-0.25, -0.2) is 0 Å². The van der Waals surface area contributed by atoms with Crippen LogP contribution in [0.1, 0.15) is 49.4 Å². The fourth-order valence-corrected chi connectivity index (χ4v) is 3.87. The van der Waals surface area contributed by atoms with E-state index in [9.17, 15) is 0 Å². The lowest BCUT2D eigenvalue weighted by Gasteiger charge is -2.33. The van der Waals surface area contributed by atoms with Gasteiger partial charge >= 0.3 is 0 Å². The Balaban J connectivity index is 1.63. The van der Waals surface area contributed by atoms with Crippen LogP contribution < -0.4 is 4.74 Å². The third kappa shape index (κ3) is 5.08. The highest BCUT2D eigenvalue weighted by molar-refractivity contribution is 5.29. The number of rotatable bonds is 8. The number of hydrogen-bond acceptors (Lipinski definition) is 4. The summed E-state index contributed by atoms with van der Waals surface area (Å²) in [4.78, 5) is 2.53. The minimum Gasteiger partial charge on any atom is -0.491 e. The van der Waals surface area contributed by atoms with Crippen molar-refractivity contribution in [3.8, 4) is 5.75 Å². The van der Waals surface area contributed by atoms with Gasteiger partial charge in [-0.05, 0) is 55.0 Å². The number of hydrogen-bond donors (Lipinski definition) is 2. The van der Waals surface area contributed by atoms with Crippen LogP contribution in [0.4, 0.5) is 0 Å². The summed E-state index contributed by atoms with van der Waals surface area (Å²) in [5.41, 5.74) is 3.97. The van der Waals surface area contributed by atoms with Gasteiger partial charge < -0.3 is 9.84 Å². The molecule has 0 bridgehead atoms. The molecular weight excluding hydrogens is 326 g/mol. The van der Waals surface area contributed by atoms with E-state index in [2.05, 4.69) is 41.1 Å². The van der Waals surface area contributed by atoms with E-state index in [4.69, 9.17) is 9.84 Å². The van der Waals surface area contributed by atoms with Crippen LogP contribution in [0.25, 0.3) is 0 Å². The molecule has 2 N–H and O–H groups in total. The van der Waals surface area contributed by atoms with Crippen molar-refractivity contribution in [3.63, 3.8) is 0 Å². The summed E-state index contributed by atoms with van der Waals surface area (Å²) in [6, 6.07) is 8.20. The molecule has 1 aliphatic heterocycles. The van der Waals surface area contributed by atoms with Crippen molar-refractivity contribution in [3.05, 3.63) is 47.3 Å². The fraction of sp³-hybridized carbons (Fsp3) is 0.571. The molecule has 0 unspecified atom stereocenters. The van der Waals surface area contributed by atoms with Gasteiger partial charge in [0.05, 0.1) is 12.8 Å². The summed E-state index contributed by atoms with van der Waals surface area (Å²) in [5, 5.41) is 16.5. The first-order valence-corrected chi connectivity index (χ1v) is 9.72. The van der Waals surface area contributed by atoms with Gasteiger partial charge in [0.2, 0.25) is 0 Å². The van der Waals surface area contributed by atoms with Crippen LogP contribution in [0.3, 0.4) is 0 Å². The van der Waals surface area contributed by atoms with Crippen LogP contribution in [0, 0.1) is 5.92 Å². The highest BCUT2D eigenvalue weighted by Crippen LogP contribution is 2.30. The van der Waals surface area contributed by atoms with Crippen LogP contribution in [-0.4, -0.2) is 46.5 Å². The van der Waals surface area contributed by atoms with E-state index >= 15 is 0 Å². The number of aliphatic hydroxyl groups is 1. The number of nitrogens with one attached hydrogen (secondary N) is 1. The van der Waals surface area contributed by atoms with Gasteiger partial charge in [0, 0.05) is 24.7 Å². The molecule has 3 rings (SSSR count). The first-order chi connectivity index (χ1) is 12.7. The summed E-state index contributed by atoms with van der Waals surface area (Å²) in [5.74, 6) is 2.01. The van der Waals surface area contributed by atoms with Gasteiger partial charge in [-0.15, -0.1) is 0 Å². The first-order valence-electron chi connectivity index (χ1n) is 9.72. The maximum Gasteiger partial charge on any atom is 0.119 e. The van der Waals surface area contributed by atoms with Gasteiger partial charge in [-0.2, -0.15) is 5.10 Å². The van der Waals surface area contributed by atoms with Gasteiger partial charge in [-0.1, -0.05) is 26.0 Å². The van der Waals surface area contributed by atoms with Crippen molar-refractivity contribution in [2.75, 3.05) is 26.3 Å². The Morgan fingerprint density at radius 2 is 2.27 bits per heavy atom. The van der Waals surface area contributed by atoms with E-state index in [1.54, 1.807) is 0 Å². The molecule has 0 amide bonds. The van der Waals surface area contributed by atoms with Crippen LogP contribution in [0.5, 0.6) is 5.75 Å². The van der Waals surface area contributed by atoms with E-state index < -0.39 is 0 Å². The highest BCUT2D eigenvalue weighted by atomic mass is 16.5. The Kier molecular flexibility index (Phi) is 6.69. The van der Waals surface area contributed by atoms with Gasteiger partial charge in [-0.3, -0.25) is 10.00 Å². The number of benzene rings is 1. The molecular formula is C21H31N3O2. The van der Waals surface area contributed by atoms with E-state index in [0.717, 1.165) is 31.8 Å². The Hall–Kier alpha value is -1.85. The van der Waals surface area contributed by atoms with E-state index in [-0.39, 0.29) is 6.61 Å². The average Bonchev–Trinajstić information content (AvgIpc) is 3.08. The molecule has 0 saturated carbocycles. The van der Waals surface area contributed by atoms with Gasteiger partial charge in [0.15, 0.2) is 0 Å². The zero-order valence-corrected chi connectivity index (χ0v) is 15.9. The minimum atomic E-state index is 0.0426. The fourth-order valence-electron chi connectivity index (χ4n) is 3.87. The molecule has 1 aliphatic rings. The number of aromatic amines is 1. The summed E-state index contributed by atoms with van der Waals surface area (Å²) >= 11 is 0. The Bertz CT molecular complexity index is 683. The molecule has 1 aromatic carbocycles. The maximum atomic E-state index is 8.91. The molecule has 2 heterocycles. The number of H-pyrrole nitrogens is 1. The smallest absolute Gasteiger partial charge is 0.119 e. The molecule has 1 atom stereocenters. The maximum absolute atomic E-state index is 8.91. The molecule has 0 spiro atoms. The predicted molar refractivity (Wildman–Crippen MR) is 103 cm³/mol. The van der Waals surface area contributed by atoms with Crippen LogP contribution in [0.15, 0.2) is 30.5 Å². The third-order valence-electron chi connectivity index (χ3n) is 4.96. The second kappa shape index (κ2) is 9.19. The molecule has 1 aromatic heterocycles. The molecule has 142 valence electrons. The number of piperidine rings is 1. The van der Waals surface area contributed by atoms with Crippen molar-refractivity contribution in [2.45, 2.75) is 45.6 Å². The summed E-state index contributed by atoms with van der Waals surface area (Å²) < 4.78 is 5.54. The highest BCUT2D eigenvalue weighted by Gasteiger charge is 2.25. The Labute approximate surface area is 156 Å². The lowest BCUT2D eigenvalue weighted by Crippen LogP contribution is -2.34. The molecule has 1 fully saturated rings. The molecule has 2 aromatic rings. The van der Waals surface area contributed by atoms with Crippen LogP contribution in [0.2, 0.25) is 0 Å². The second-order valence-corrected chi connectivity index (χ2v) is 7.70. The zero-order chi connectivity index (χ0) is 18.4. The second-order valence-electron chi connectivity index (χ2n) is 7.70. The third-order valence-corrected chi connectivity index (χ3v) is 4.96. The largest absolute Gasteiger partial charge is 0.491 e. The van der Waals surface area contributed by atoms with Gasteiger partial charge in [0.1, 0.15) is 12.4 Å². The van der Waals surface area contributed by atoms with Crippen molar-refractivity contribution in [2.24, 2.45) is 5.92 Å².